The summed E-state index contributed by atoms with van der Waals surface area (Å²) in [4.78, 5) is 0. The second-order valence-corrected chi connectivity index (χ2v) is 24.2. The lowest BCUT2D eigenvalue weighted by molar-refractivity contribution is 0.668. The number of hydrogen-bond donors (Lipinski definition) is 0. The summed E-state index contributed by atoms with van der Waals surface area (Å²) in [5.74, 6) is 0. The second-order valence-electron chi connectivity index (χ2n) is 19.8. The van der Waals surface area contributed by atoms with Gasteiger partial charge in [0.15, 0.2) is 0 Å². The predicted octanol–water partition coefficient (Wildman–Crippen LogP) is 18.1. The first-order chi connectivity index (χ1) is 35.0. The molecule has 0 N–H and O–H groups in total. The molecule has 12 aromatic carbocycles. The number of rotatable bonds is 5. The van der Waals surface area contributed by atoms with Crippen LogP contribution in [0.5, 0.6) is 0 Å². The van der Waals surface area contributed by atoms with Crippen LogP contribution < -0.4 is 10.4 Å². The first-order valence-electron chi connectivity index (χ1n) is 24.6. The number of hydrogen-bond acceptors (Lipinski definition) is 2. The Labute approximate surface area is 411 Å². The van der Waals surface area contributed by atoms with Gasteiger partial charge in [0.2, 0.25) is 0 Å². The van der Waals surface area contributed by atoms with E-state index in [0.717, 1.165) is 49.4 Å². The monoisotopic (exact) mass is 920 g/mol. The molecule has 0 fully saturated rings. The number of fused-ring (bicyclic) bond motifs is 12. The lowest BCUT2D eigenvalue weighted by atomic mass is 9.81. The molecule has 332 valence electrons. The molecule has 0 unspecified atom stereocenters. The molecule has 0 saturated heterocycles. The Morgan fingerprint density at radius 3 is 1.25 bits per heavy atom. The summed E-state index contributed by atoms with van der Waals surface area (Å²) in [7, 11) is -1.86. The molecule has 14 aromatic rings. The Kier molecular flexibility index (Phi) is 8.55. The summed E-state index contributed by atoms with van der Waals surface area (Å²) < 4.78 is 12.7. The zero-order valence-corrected chi connectivity index (χ0v) is 40.3. The van der Waals surface area contributed by atoms with Crippen molar-refractivity contribution in [2.45, 2.75) is 13.1 Å². The molecule has 1 aliphatic heterocycles. The van der Waals surface area contributed by atoms with Crippen molar-refractivity contribution in [1.82, 2.24) is 0 Å². The maximum Gasteiger partial charge on any atom is 0.135 e. The van der Waals surface area contributed by atoms with Crippen LogP contribution in [0.2, 0.25) is 13.1 Å². The number of para-hydroxylation sites is 2. The smallest absolute Gasteiger partial charge is 0.135 e. The van der Waals surface area contributed by atoms with Crippen molar-refractivity contribution >= 4 is 94.6 Å². The molecule has 0 radical (unpaired) electrons. The Hall–Kier alpha value is -8.76. The average Bonchev–Trinajstić information content (AvgIpc) is 4.06. The molecule has 2 aromatic heterocycles. The van der Waals surface area contributed by atoms with E-state index < -0.39 is 8.07 Å². The summed E-state index contributed by atoms with van der Waals surface area (Å²) in [6, 6.07) is 85.3. The second kappa shape index (κ2) is 15.1. The van der Waals surface area contributed by atoms with Gasteiger partial charge in [0.05, 0.1) is 0 Å². The molecule has 1 aliphatic rings. The fraction of sp³-hybridized carbons (Fsp3) is 0.0294. The van der Waals surface area contributed by atoms with Gasteiger partial charge in [0.25, 0.3) is 0 Å². The van der Waals surface area contributed by atoms with E-state index in [9.17, 15) is 0 Å². The molecule has 3 heteroatoms. The van der Waals surface area contributed by atoms with Gasteiger partial charge in [-0.05, 0) is 152 Å². The van der Waals surface area contributed by atoms with E-state index in [2.05, 4.69) is 231 Å². The molecule has 0 spiro atoms. The van der Waals surface area contributed by atoms with E-state index in [1.807, 2.05) is 12.1 Å². The van der Waals surface area contributed by atoms with Gasteiger partial charge < -0.3 is 8.83 Å². The van der Waals surface area contributed by atoms with Crippen LogP contribution in [0.4, 0.5) is 0 Å². The van der Waals surface area contributed by atoms with Crippen molar-refractivity contribution in [2.24, 2.45) is 0 Å². The van der Waals surface area contributed by atoms with Gasteiger partial charge >= 0.3 is 0 Å². The highest BCUT2D eigenvalue weighted by Gasteiger charge is 2.37. The van der Waals surface area contributed by atoms with Gasteiger partial charge in [0.1, 0.15) is 30.4 Å². The molecular weight excluding hydrogens is 877 g/mol. The van der Waals surface area contributed by atoms with Crippen LogP contribution in [0.1, 0.15) is 0 Å². The maximum atomic E-state index is 6.37. The normalized spacial score (nSPS) is 13.0. The lowest BCUT2D eigenvalue weighted by Crippen LogP contribution is -2.49. The summed E-state index contributed by atoms with van der Waals surface area (Å²) in [5, 5.41) is 14.9. The van der Waals surface area contributed by atoms with Gasteiger partial charge in [0, 0.05) is 21.5 Å². The molecule has 15 rings (SSSR count). The molecule has 0 atom stereocenters. The Bertz CT molecular complexity index is 4510. The first-order valence-corrected chi connectivity index (χ1v) is 27.6. The Balaban J connectivity index is 0.985. The van der Waals surface area contributed by atoms with Crippen molar-refractivity contribution in [3.8, 4) is 66.8 Å². The molecule has 71 heavy (non-hydrogen) atoms. The molecule has 3 heterocycles. The van der Waals surface area contributed by atoms with Crippen LogP contribution in [0.25, 0.3) is 143 Å². The minimum absolute atomic E-state index is 0.896. The largest absolute Gasteiger partial charge is 0.456 e. The Morgan fingerprint density at radius 2 is 0.648 bits per heavy atom. The minimum Gasteiger partial charge on any atom is -0.456 e. The van der Waals surface area contributed by atoms with Crippen molar-refractivity contribution in [3.63, 3.8) is 0 Å². The standard InChI is InChI=1S/C68H44O2Si/c1-71(2)64-29-14-11-20-50(64)59-39-42(32-37-65(59)71)45-26-15-25-44(41-30-35-62-57(38-41)48-18-9-12-27-60(48)69-62)67(45)55-33-34-56(47-17-4-3-16-46(47)55)68-53-23-7-5-21-51(53)66(52-22-6-8-24-54(52)68)43-31-36-63-58(40-43)49-19-10-13-28-61(49)70-63/h3-40H,1-2H3. The maximum absolute atomic E-state index is 6.37. The van der Waals surface area contributed by atoms with Gasteiger partial charge in [-0.25, -0.2) is 0 Å². The summed E-state index contributed by atoms with van der Waals surface area (Å²) in [6.45, 7) is 4.99. The highest BCUT2D eigenvalue weighted by Crippen LogP contribution is 2.50. The molecule has 0 saturated carbocycles. The van der Waals surface area contributed by atoms with Crippen LogP contribution >= 0.6 is 0 Å². The molecular formula is C68H44O2Si. The fourth-order valence-electron chi connectivity index (χ4n) is 12.5. The quantitative estimate of drug-likeness (QED) is 0.127. The zero-order chi connectivity index (χ0) is 47.0. The SMILES string of the molecule is C[Si]1(C)c2ccccc2-c2cc(-c3cccc(-c4ccc5oc6ccccc6c5c4)c3-c3ccc(-c4c5ccccc5c(-c5ccc6oc7ccccc7c6c5)c5ccccc45)c4ccccc34)ccc21. The van der Waals surface area contributed by atoms with E-state index in [1.54, 1.807) is 0 Å². The lowest BCUT2D eigenvalue weighted by Gasteiger charge is -2.22. The first kappa shape index (κ1) is 40.2. The average molecular weight is 921 g/mol. The number of benzene rings is 12. The van der Waals surface area contributed by atoms with Crippen LogP contribution in [-0.4, -0.2) is 8.07 Å². The Morgan fingerprint density at radius 1 is 0.239 bits per heavy atom. The van der Waals surface area contributed by atoms with Crippen molar-refractivity contribution in [1.29, 1.82) is 0 Å². The molecule has 2 nitrogen and oxygen atoms in total. The van der Waals surface area contributed by atoms with E-state index in [-0.39, 0.29) is 0 Å². The van der Waals surface area contributed by atoms with Crippen LogP contribution in [-0.2, 0) is 0 Å². The highest BCUT2D eigenvalue weighted by atomic mass is 28.3. The van der Waals surface area contributed by atoms with Gasteiger partial charge in [-0.2, -0.15) is 0 Å². The van der Waals surface area contributed by atoms with Gasteiger partial charge in [-0.15, -0.1) is 0 Å². The number of furan rings is 2. The van der Waals surface area contributed by atoms with Crippen molar-refractivity contribution < 1.29 is 8.83 Å². The third kappa shape index (κ3) is 5.88. The van der Waals surface area contributed by atoms with E-state index >= 15 is 0 Å². The summed E-state index contributed by atoms with van der Waals surface area (Å²) >= 11 is 0. The molecule has 0 amide bonds. The van der Waals surface area contributed by atoms with E-state index in [4.69, 9.17) is 8.83 Å². The van der Waals surface area contributed by atoms with Crippen LogP contribution in [0.3, 0.4) is 0 Å². The van der Waals surface area contributed by atoms with Gasteiger partial charge in [-0.1, -0.05) is 201 Å². The predicted molar refractivity (Wildman–Crippen MR) is 303 cm³/mol. The molecule has 0 bridgehead atoms. The van der Waals surface area contributed by atoms with Crippen LogP contribution in [0, 0.1) is 0 Å². The topological polar surface area (TPSA) is 26.3 Å². The van der Waals surface area contributed by atoms with E-state index in [0.29, 0.717) is 0 Å². The molecule has 0 aliphatic carbocycles. The van der Waals surface area contributed by atoms with Crippen LogP contribution in [0.15, 0.2) is 239 Å². The third-order valence-electron chi connectivity index (χ3n) is 15.7. The van der Waals surface area contributed by atoms with Crippen molar-refractivity contribution in [3.05, 3.63) is 231 Å². The minimum atomic E-state index is -1.86. The van der Waals surface area contributed by atoms with Gasteiger partial charge in [-0.3, -0.25) is 0 Å². The fourth-order valence-corrected chi connectivity index (χ4v) is 15.5. The summed E-state index contributed by atoms with van der Waals surface area (Å²) in [5.41, 5.74) is 18.4. The third-order valence-corrected chi connectivity index (χ3v) is 19.3. The zero-order valence-electron chi connectivity index (χ0n) is 39.3. The van der Waals surface area contributed by atoms with E-state index in [1.165, 1.54) is 104 Å². The summed E-state index contributed by atoms with van der Waals surface area (Å²) in [6.07, 6.45) is 0. The van der Waals surface area contributed by atoms with Crippen molar-refractivity contribution in [2.75, 3.05) is 0 Å². The highest BCUT2D eigenvalue weighted by molar-refractivity contribution is 7.03.